The molecule has 2 nitrogen and oxygen atoms in total. The second kappa shape index (κ2) is 7.57. The third-order valence-corrected chi connectivity index (χ3v) is 3.96. The molecule has 2 aromatic rings. The summed E-state index contributed by atoms with van der Waals surface area (Å²) in [6.45, 7) is 6.07. The molecule has 0 fully saturated rings. The fourth-order valence-electron chi connectivity index (χ4n) is 1.96. The van der Waals surface area contributed by atoms with Crippen molar-refractivity contribution < 1.29 is 9.13 Å². The zero-order valence-corrected chi connectivity index (χ0v) is 13.8. The van der Waals surface area contributed by atoms with Crippen LogP contribution in [-0.4, -0.2) is 6.54 Å². The van der Waals surface area contributed by atoms with Gasteiger partial charge in [0.15, 0.2) is 0 Å². The highest BCUT2D eigenvalue weighted by atomic mass is 79.9. The second-order valence-corrected chi connectivity index (χ2v) is 5.76. The summed E-state index contributed by atoms with van der Waals surface area (Å²) < 4.78 is 19.9. The van der Waals surface area contributed by atoms with Gasteiger partial charge in [-0.25, -0.2) is 4.39 Å². The summed E-state index contributed by atoms with van der Waals surface area (Å²) in [5.74, 6) is 0.467. The van der Waals surface area contributed by atoms with Crippen LogP contribution in [0.2, 0.25) is 0 Å². The molecular formula is C17H19BrFNO. The van der Waals surface area contributed by atoms with Gasteiger partial charge in [-0.2, -0.15) is 0 Å². The molecule has 4 heteroatoms. The van der Waals surface area contributed by atoms with Gasteiger partial charge in [-0.05, 0) is 48.9 Å². The molecule has 0 unspecified atom stereocenters. The standard InChI is InChI=1S/C17H19BrFNO/c1-3-20-10-13-4-5-14(16(18)9-13)11-21-15-6-7-17(19)12(2)8-15/h4-9,20H,3,10-11H2,1-2H3. The highest BCUT2D eigenvalue weighted by Gasteiger charge is 2.04. The largest absolute Gasteiger partial charge is 0.489 e. The number of hydrogen-bond donors (Lipinski definition) is 1. The van der Waals surface area contributed by atoms with Crippen molar-refractivity contribution >= 4 is 15.9 Å². The van der Waals surface area contributed by atoms with Gasteiger partial charge in [-0.3, -0.25) is 0 Å². The molecule has 0 amide bonds. The first-order valence-corrected chi connectivity index (χ1v) is 7.76. The van der Waals surface area contributed by atoms with E-state index < -0.39 is 0 Å². The normalized spacial score (nSPS) is 10.7. The topological polar surface area (TPSA) is 21.3 Å². The maximum atomic E-state index is 13.2. The zero-order chi connectivity index (χ0) is 15.2. The molecule has 1 N–H and O–H groups in total. The number of nitrogens with one attached hydrogen (secondary N) is 1. The van der Waals surface area contributed by atoms with Gasteiger partial charge < -0.3 is 10.1 Å². The molecule has 0 radical (unpaired) electrons. The summed E-state index contributed by atoms with van der Waals surface area (Å²) in [5.41, 5.74) is 2.88. The number of halogens is 2. The second-order valence-electron chi connectivity index (χ2n) is 4.91. The predicted octanol–water partition coefficient (Wildman–Crippen LogP) is 4.59. The molecule has 2 rings (SSSR count). The Kier molecular flexibility index (Phi) is 5.76. The van der Waals surface area contributed by atoms with Gasteiger partial charge in [-0.1, -0.05) is 35.0 Å². The molecule has 0 aromatic heterocycles. The number of benzene rings is 2. The van der Waals surface area contributed by atoms with Crippen molar-refractivity contribution in [1.82, 2.24) is 5.32 Å². The minimum atomic E-state index is -0.212. The lowest BCUT2D eigenvalue weighted by Gasteiger charge is -2.10. The van der Waals surface area contributed by atoms with E-state index in [4.69, 9.17) is 4.74 Å². The molecule has 0 aliphatic rings. The molecule has 2 aromatic carbocycles. The van der Waals surface area contributed by atoms with E-state index >= 15 is 0 Å². The van der Waals surface area contributed by atoms with E-state index in [1.54, 1.807) is 19.1 Å². The van der Waals surface area contributed by atoms with Gasteiger partial charge in [0.2, 0.25) is 0 Å². The van der Waals surface area contributed by atoms with Crippen LogP contribution >= 0.6 is 15.9 Å². The van der Waals surface area contributed by atoms with Crippen LogP contribution in [-0.2, 0) is 13.2 Å². The molecule has 0 atom stereocenters. The highest BCUT2D eigenvalue weighted by Crippen LogP contribution is 2.22. The van der Waals surface area contributed by atoms with E-state index in [1.165, 1.54) is 11.6 Å². The van der Waals surface area contributed by atoms with Crippen LogP contribution in [0.5, 0.6) is 5.75 Å². The molecule has 0 aliphatic heterocycles. The lowest BCUT2D eigenvalue weighted by atomic mass is 10.1. The Labute approximate surface area is 133 Å². The number of hydrogen-bond acceptors (Lipinski definition) is 2. The maximum Gasteiger partial charge on any atom is 0.126 e. The van der Waals surface area contributed by atoms with Crippen LogP contribution in [0.1, 0.15) is 23.6 Å². The van der Waals surface area contributed by atoms with Gasteiger partial charge in [0.1, 0.15) is 18.2 Å². The monoisotopic (exact) mass is 351 g/mol. The van der Waals surface area contributed by atoms with Crippen LogP contribution in [0.15, 0.2) is 40.9 Å². The first-order chi connectivity index (χ1) is 10.1. The third-order valence-electron chi connectivity index (χ3n) is 3.22. The molecule has 0 spiro atoms. The fourth-order valence-corrected chi connectivity index (χ4v) is 2.50. The van der Waals surface area contributed by atoms with Gasteiger partial charge in [0.05, 0.1) is 0 Å². The van der Waals surface area contributed by atoms with Gasteiger partial charge in [-0.15, -0.1) is 0 Å². The lowest BCUT2D eigenvalue weighted by Crippen LogP contribution is -2.11. The summed E-state index contributed by atoms with van der Waals surface area (Å²) in [4.78, 5) is 0. The van der Waals surface area contributed by atoms with Crippen molar-refractivity contribution in [1.29, 1.82) is 0 Å². The summed E-state index contributed by atoms with van der Waals surface area (Å²) >= 11 is 3.57. The Morgan fingerprint density at radius 2 is 2.00 bits per heavy atom. The first-order valence-electron chi connectivity index (χ1n) is 6.97. The maximum absolute atomic E-state index is 13.2. The summed E-state index contributed by atoms with van der Waals surface area (Å²) in [7, 11) is 0. The van der Waals surface area contributed by atoms with Crippen LogP contribution in [0.25, 0.3) is 0 Å². The van der Waals surface area contributed by atoms with E-state index in [-0.39, 0.29) is 5.82 Å². The van der Waals surface area contributed by atoms with E-state index in [1.807, 2.05) is 6.07 Å². The van der Waals surface area contributed by atoms with E-state index in [2.05, 4.69) is 40.3 Å². The predicted molar refractivity (Wildman–Crippen MR) is 87.0 cm³/mol. The van der Waals surface area contributed by atoms with E-state index in [0.29, 0.717) is 17.9 Å². The minimum absolute atomic E-state index is 0.212. The van der Waals surface area contributed by atoms with Crippen molar-refractivity contribution in [2.45, 2.75) is 27.0 Å². The molecular weight excluding hydrogens is 333 g/mol. The van der Waals surface area contributed by atoms with E-state index in [0.717, 1.165) is 23.1 Å². The average Bonchev–Trinajstić information content (AvgIpc) is 2.47. The molecule has 0 saturated heterocycles. The van der Waals surface area contributed by atoms with Crippen LogP contribution in [0.4, 0.5) is 4.39 Å². The van der Waals surface area contributed by atoms with Gasteiger partial charge in [0.25, 0.3) is 0 Å². The molecule has 0 heterocycles. The lowest BCUT2D eigenvalue weighted by molar-refractivity contribution is 0.304. The number of rotatable bonds is 6. The fraction of sp³-hybridized carbons (Fsp3) is 0.294. The Hall–Kier alpha value is -1.39. The van der Waals surface area contributed by atoms with E-state index in [9.17, 15) is 4.39 Å². The number of aryl methyl sites for hydroxylation is 1. The first kappa shape index (κ1) is 16.0. The van der Waals surface area contributed by atoms with Gasteiger partial charge in [0, 0.05) is 16.6 Å². The smallest absolute Gasteiger partial charge is 0.126 e. The molecule has 0 saturated carbocycles. The highest BCUT2D eigenvalue weighted by molar-refractivity contribution is 9.10. The van der Waals surface area contributed by atoms with Crippen LogP contribution < -0.4 is 10.1 Å². The summed E-state index contributed by atoms with van der Waals surface area (Å²) in [5, 5.41) is 3.29. The number of ether oxygens (including phenoxy) is 1. The van der Waals surface area contributed by atoms with Crippen molar-refractivity contribution in [3.05, 3.63) is 63.4 Å². The molecule has 21 heavy (non-hydrogen) atoms. The minimum Gasteiger partial charge on any atom is -0.489 e. The van der Waals surface area contributed by atoms with Crippen LogP contribution in [0.3, 0.4) is 0 Å². The molecule has 112 valence electrons. The zero-order valence-electron chi connectivity index (χ0n) is 12.2. The Morgan fingerprint density at radius 1 is 1.19 bits per heavy atom. The third kappa shape index (κ3) is 4.55. The summed E-state index contributed by atoms with van der Waals surface area (Å²) in [6, 6.07) is 11.0. The van der Waals surface area contributed by atoms with Crippen molar-refractivity contribution in [2.75, 3.05) is 6.54 Å². The Bertz CT molecular complexity index is 616. The summed E-state index contributed by atoms with van der Waals surface area (Å²) in [6.07, 6.45) is 0. The van der Waals surface area contributed by atoms with Crippen molar-refractivity contribution in [3.8, 4) is 5.75 Å². The van der Waals surface area contributed by atoms with Gasteiger partial charge >= 0.3 is 0 Å². The van der Waals surface area contributed by atoms with Crippen molar-refractivity contribution in [3.63, 3.8) is 0 Å². The average molecular weight is 352 g/mol. The molecule has 0 aliphatic carbocycles. The Morgan fingerprint density at radius 3 is 2.67 bits per heavy atom. The van der Waals surface area contributed by atoms with Crippen molar-refractivity contribution in [2.24, 2.45) is 0 Å². The molecule has 0 bridgehead atoms. The SMILES string of the molecule is CCNCc1ccc(COc2ccc(F)c(C)c2)c(Br)c1. The Balaban J connectivity index is 2.01. The quantitative estimate of drug-likeness (QED) is 0.821. The van der Waals surface area contributed by atoms with Crippen LogP contribution in [0, 0.1) is 12.7 Å².